The van der Waals surface area contributed by atoms with Gasteiger partial charge in [-0.25, -0.2) is 4.98 Å². The molecule has 1 N–H and O–H groups in total. The fourth-order valence-corrected chi connectivity index (χ4v) is 4.25. The highest BCUT2D eigenvalue weighted by Crippen LogP contribution is 2.20. The summed E-state index contributed by atoms with van der Waals surface area (Å²) in [5, 5.41) is 5.52. The smallest absolute Gasteiger partial charge is 0.274 e. The van der Waals surface area contributed by atoms with E-state index in [1.807, 2.05) is 40.4 Å². The van der Waals surface area contributed by atoms with Crippen molar-refractivity contribution in [1.29, 1.82) is 0 Å². The summed E-state index contributed by atoms with van der Waals surface area (Å²) in [6.07, 6.45) is 13.4. The van der Waals surface area contributed by atoms with Crippen LogP contribution in [0.15, 0.2) is 54.3 Å². The maximum absolute atomic E-state index is 12.7. The lowest BCUT2D eigenvalue weighted by Gasteiger charge is -2.30. The van der Waals surface area contributed by atoms with Gasteiger partial charge in [0.15, 0.2) is 5.13 Å². The molecule has 1 saturated heterocycles. The molecular weight excluding hydrogens is 382 g/mol. The molecule has 1 atom stereocenters. The van der Waals surface area contributed by atoms with Crippen LogP contribution in [0.5, 0.6) is 0 Å². The van der Waals surface area contributed by atoms with Crippen LogP contribution in [0, 0.1) is 0 Å². The summed E-state index contributed by atoms with van der Waals surface area (Å²) in [7, 11) is 2.17. The SMILES string of the molecule is CN1CCCC[C@H]1/C=C/c1csc(NC(=O)c2cccn2Cc2ccncc2)n1. The molecule has 1 aliphatic heterocycles. The number of likely N-dealkylation sites (tertiary alicyclic amines) is 1. The molecule has 1 aliphatic rings. The molecule has 0 aromatic carbocycles. The monoisotopic (exact) mass is 407 g/mol. The Labute approximate surface area is 174 Å². The minimum atomic E-state index is -0.152. The average molecular weight is 408 g/mol. The van der Waals surface area contributed by atoms with Crippen LogP contribution in [-0.4, -0.2) is 45.0 Å². The number of carbonyl (C=O) groups is 1. The number of likely N-dealkylation sites (N-methyl/N-ethyl adjacent to an activating group) is 1. The van der Waals surface area contributed by atoms with Crippen molar-refractivity contribution in [2.75, 3.05) is 18.9 Å². The van der Waals surface area contributed by atoms with Gasteiger partial charge in [0, 0.05) is 36.6 Å². The molecule has 1 fully saturated rings. The summed E-state index contributed by atoms with van der Waals surface area (Å²) in [6.45, 7) is 1.77. The molecule has 0 radical (unpaired) electrons. The summed E-state index contributed by atoms with van der Waals surface area (Å²) in [4.78, 5) is 23.7. The van der Waals surface area contributed by atoms with Gasteiger partial charge >= 0.3 is 0 Å². The number of rotatable bonds is 6. The van der Waals surface area contributed by atoms with Crippen molar-refractivity contribution in [2.24, 2.45) is 0 Å². The summed E-state index contributed by atoms with van der Waals surface area (Å²) < 4.78 is 1.93. The summed E-state index contributed by atoms with van der Waals surface area (Å²) in [5.74, 6) is -0.152. The minimum absolute atomic E-state index is 0.152. The van der Waals surface area contributed by atoms with Gasteiger partial charge in [-0.1, -0.05) is 12.5 Å². The summed E-state index contributed by atoms with van der Waals surface area (Å²) in [6, 6.07) is 8.08. The predicted octanol–water partition coefficient (Wildman–Crippen LogP) is 4.14. The number of nitrogens with one attached hydrogen (secondary N) is 1. The third kappa shape index (κ3) is 4.99. The van der Waals surface area contributed by atoms with E-state index in [4.69, 9.17) is 0 Å². The first-order valence-electron chi connectivity index (χ1n) is 9.88. The van der Waals surface area contributed by atoms with Crippen LogP contribution in [0.25, 0.3) is 6.08 Å². The Morgan fingerprint density at radius 2 is 2.17 bits per heavy atom. The van der Waals surface area contributed by atoms with Crippen molar-refractivity contribution in [1.82, 2.24) is 19.4 Å². The predicted molar refractivity (Wildman–Crippen MR) is 117 cm³/mol. The lowest BCUT2D eigenvalue weighted by atomic mass is 10.0. The molecule has 0 saturated carbocycles. The van der Waals surface area contributed by atoms with Crippen molar-refractivity contribution in [3.05, 3.63) is 71.3 Å². The topological polar surface area (TPSA) is 63.1 Å². The van der Waals surface area contributed by atoms with Crippen molar-refractivity contribution < 1.29 is 4.79 Å². The number of thiazole rings is 1. The molecule has 29 heavy (non-hydrogen) atoms. The number of hydrogen-bond acceptors (Lipinski definition) is 5. The molecule has 0 aliphatic carbocycles. The van der Waals surface area contributed by atoms with Crippen LogP contribution < -0.4 is 5.32 Å². The third-order valence-electron chi connectivity index (χ3n) is 5.22. The van der Waals surface area contributed by atoms with Crippen LogP contribution in [-0.2, 0) is 6.54 Å². The van der Waals surface area contributed by atoms with Crippen LogP contribution in [0.2, 0.25) is 0 Å². The molecule has 7 heteroatoms. The first-order chi connectivity index (χ1) is 14.2. The van der Waals surface area contributed by atoms with Crippen LogP contribution in [0.1, 0.15) is 41.0 Å². The fourth-order valence-electron chi connectivity index (χ4n) is 3.58. The van der Waals surface area contributed by atoms with E-state index in [2.05, 4.69) is 39.4 Å². The van der Waals surface area contributed by atoms with Gasteiger partial charge in [0.2, 0.25) is 0 Å². The zero-order chi connectivity index (χ0) is 20.1. The van der Waals surface area contributed by atoms with Crippen molar-refractivity contribution >= 4 is 28.5 Å². The fraction of sp³-hybridized carbons (Fsp3) is 0.318. The third-order valence-corrected chi connectivity index (χ3v) is 6.00. The van der Waals surface area contributed by atoms with E-state index in [0.717, 1.165) is 17.8 Å². The highest BCUT2D eigenvalue weighted by molar-refractivity contribution is 7.14. The first kappa shape index (κ1) is 19.5. The van der Waals surface area contributed by atoms with Gasteiger partial charge < -0.3 is 4.57 Å². The Balaban J connectivity index is 1.39. The first-order valence-corrected chi connectivity index (χ1v) is 10.8. The summed E-state index contributed by atoms with van der Waals surface area (Å²) >= 11 is 1.45. The summed E-state index contributed by atoms with van der Waals surface area (Å²) in [5.41, 5.74) is 2.59. The zero-order valence-electron chi connectivity index (χ0n) is 16.5. The number of anilines is 1. The van der Waals surface area contributed by atoms with Crippen LogP contribution in [0.4, 0.5) is 5.13 Å². The number of nitrogens with zero attached hydrogens (tertiary/aromatic N) is 4. The number of amides is 1. The molecule has 3 aromatic heterocycles. The molecule has 1 amide bonds. The van der Waals surface area contributed by atoms with E-state index >= 15 is 0 Å². The highest BCUT2D eigenvalue weighted by Gasteiger charge is 2.16. The Kier molecular flexibility index (Phi) is 6.17. The molecule has 4 heterocycles. The lowest BCUT2D eigenvalue weighted by molar-refractivity contribution is 0.101. The molecule has 0 spiro atoms. The number of pyridine rings is 1. The van der Waals surface area contributed by atoms with Gasteiger partial charge in [-0.15, -0.1) is 11.3 Å². The van der Waals surface area contributed by atoms with Crippen LogP contribution in [0.3, 0.4) is 0 Å². The van der Waals surface area contributed by atoms with E-state index < -0.39 is 0 Å². The molecule has 4 rings (SSSR count). The Morgan fingerprint density at radius 3 is 3.00 bits per heavy atom. The van der Waals surface area contributed by atoms with Crippen molar-refractivity contribution in [3.63, 3.8) is 0 Å². The van der Waals surface area contributed by atoms with E-state index in [1.54, 1.807) is 12.4 Å². The Morgan fingerprint density at radius 1 is 1.31 bits per heavy atom. The highest BCUT2D eigenvalue weighted by atomic mass is 32.1. The largest absolute Gasteiger partial charge is 0.339 e. The van der Waals surface area contributed by atoms with Gasteiger partial charge in [0.05, 0.1) is 5.69 Å². The second-order valence-electron chi connectivity index (χ2n) is 7.31. The Bertz CT molecular complexity index is 978. The number of aromatic nitrogens is 3. The molecule has 150 valence electrons. The maximum Gasteiger partial charge on any atom is 0.274 e. The van der Waals surface area contributed by atoms with Gasteiger partial charge in [-0.2, -0.15) is 0 Å². The quantitative estimate of drug-likeness (QED) is 0.667. The standard InChI is InChI=1S/C22H25N5OS/c1-26-13-3-2-5-19(26)8-7-18-16-29-22(24-18)25-21(28)20-6-4-14-27(20)15-17-9-11-23-12-10-17/h4,6-12,14,16,19H,2-3,5,13,15H2,1H3,(H,24,25,28)/b8-7+/t19-/m0/s1. The van der Waals surface area contributed by atoms with Gasteiger partial charge in [0.1, 0.15) is 5.69 Å². The maximum atomic E-state index is 12.7. The Hall–Kier alpha value is -2.77. The normalized spacial score (nSPS) is 17.6. The van der Waals surface area contributed by atoms with Crippen molar-refractivity contribution in [3.8, 4) is 0 Å². The minimum Gasteiger partial charge on any atom is -0.339 e. The lowest BCUT2D eigenvalue weighted by Crippen LogP contribution is -2.34. The molecule has 0 bridgehead atoms. The average Bonchev–Trinajstić information content (AvgIpc) is 3.37. The van der Waals surface area contributed by atoms with Crippen molar-refractivity contribution in [2.45, 2.75) is 31.8 Å². The molecular formula is C22H25N5OS. The van der Waals surface area contributed by atoms with E-state index in [0.29, 0.717) is 23.4 Å². The van der Waals surface area contributed by atoms with E-state index in [1.165, 1.54) is 30.6 Å². The van der Waals surface area contributed by atoms with E-state index in [9.17, 15) is 4.79 Å². The van der Waals surface area contributed by atoms with Gasteiger partial charge in [-0.05, 0) is 62.3 Å². The second kappa shape index (κ2) is 9.15. The van der Waals surface area contributed by atoms with Crippen LogP contribution >= 0.6 is 11.3 Å². The molecule has 6 nitrogen and oxygen atoms in total. The van der Waals surface area contributed by atoms with Gasteiger partial charge in [0.25, 0.3) is 5.91 Å². The zero-order valence-corrected chi connectivity index (χ0v) is 17.3. The molecule has 3 aromatic rings. The molecule has 0 unspecified atom stereocenters. The number of piperidine rings is 1. The second-order valence-corrected chi connectivity index (χ2v) is 8.17. The number of hydrogen-bond donors (Lipinski definition) is 1. The number of carbonyl (C=O) groups excluding carboxylic acids is 1. The van der Waals surface area contributed by atoms with E-state index in [-0.39, 0.29) is 5.91 Å². The van der Waals surface area contributed by atoms with Gasteiger partial charge in [-0.3, -0.25) is 20.0 Å².